The van der Waals surface area contributed by atoms with Crippen molar-refractivity contribution in [1.82, 2.24) is 25.0 Å². The summed E-state index contributed by atoms with van der Waals surface area (Å²) in [4.78, 5) is 16.2. The number of hydrogen-bond donors (Lipinski definition) is 1. The normalized spacial score (nSPS) is 11.0. The Kier molecular flexibility index (Phi) is 4.18. The average molecular weight is 347 g/mol. The van der Waals surface area contributed by atoms with Gasteiger partial charge in [-0.15, -0.1) is 5.10 Å². The molecule has 0 atom stereocenters. The molecule has 3 aromatic heterocycles. The summed E-state index contributed by atoms with van der Waals surface area (Å²) in [5.41, 5.74) is 3.64. The number of nitrogens with one attached hydrogen (secondary N) is 1. The van der Waals surface area contributed by atoms with Crippen LogP contribution in [0.4, 0.5) is 0 Å². The largest absolute Gasteiger partial charge is 0.461 e. The second-order valence-electron chi connectivity index (χ2n) is 5.82. The number of carbonyl (C=O) groups is 1. The highest BCUT2D eigenvalue weighted by atomic mass is 16.5. The van der Waals surface area contributed by atoms with Crippen molar-refractivity contribution in [1.29, 1.82) is 0 Å². The fourth-order valence-electron chi connectivity index (χ4n) is 2.93. The summed E-state index contributed by atoms with van der Waals surface area (Å²) in [6.07, 6.45) is 5.65. The molecule has 0 spiro atoms. The average Bonchev–Trinajstić information content (AvgIpc) is 3.30. The van der Waals surface area contributed by atoms with Crippen molar-refractivity contribution >= 4 is 16.9 Å². The number of nitrogens with zero attached hydrogens (tertiary/aromatic N) is 4. The number of H-pyrrole nitrogens is 1. The number of aromatic amines is 1. The molecular weight excluding hydrogens is 330 g/mol. The predicted molar refractivity (Wildman–Crippen MR) is 96.6 cm³/mol. The Morgan fingerprint density at radius 2 is 2.15 bits per heavy atom. The summed E-state index contributed by atoms with van der Waals surface area (Å²) in [7, 11) is 0. The van der Waals surface area contributed by atoms with Gasteiger partial charge in [0.15, 0.2) is 5.69 Å². The highest BCUT2D eigenvalue weighted by molar-refractivity contribution is 5.95. The van der Waals surface area contributed by atoms with E-state index in [1.165, 1.54) is 0 Å². The summed E-state index contributed by atoms with van der Waals surface area (Å²) >= 11 is 0. The molecule has 0 unspecified atom stereocenters. The molecule has 1 N–H and O–H groups in total. The SMILES string of the molecule is CCOC(=O)c1n[nH]nc1-c1ccc2ccn(Cc3cccnc3)c2c1. The van der Waals surface area contributed by atoms with Gasteiger partial charge >= 0.3 is 5.97 Å². The quantitative estimate of drug-likeness (QED) is 0.561. The predicted octanol–water partition coefficient (Wildman–Crippen LogP) is 3.05. The van der Waals surface area contributed by atoms with Gasteiger partial charge in [-0.2, -0.15) is 10.3 Å². The molecule has 0 amide bonds. The molecule has 7 heteroatoms. The van der Waals surface area contributed by atoms with Crippen LogP contribution in [0.15, 0.2) is 55.0 Å². The fourth-order valence-corrected chi connectivity index (χ4v) is 2.93. The lowest BCUT2D eigenvalue weighted by Gasteiger charge is -2.07. The van der Waals surface area contributed by atoms with Gasteiger partial charge in [0.05, 0.1) is 6.61 Å². The van der Waals surface area contributed by atoms with E-state index in [4.69, 9.17) is 4.74 Å². The van der Waals surface area contributed by atoms with Gasteiger partial charge in [-0.1, -0.05) is 18.2 Å². The summed E-state index contributed by atoms with van der Waals surface area (Å²) in [5.74, 6) is -0.484. The standard InChI is InChI=1S/C19H17N5O2/c1-2-26-19(25)18-17(21-23-22-18)15-6-5-14-7-9-24(16(14)10-15)12-13-4-3-8-20-11-13/h3-11H,2,12H2,1H3,(H,21,22,23). The number of hydrogen-bond acceptors (Lipinski definition) is 5. The first-order valence-electron chi connectivity index (χ1n) is 8.32. The molecule has 0 radical (unpaired) electrons. The number of rotatable bonds is 5. The van der Waals surface area contributed by atoms with Crippen molar-refractivity contribution in [3.05, 3.63) is 66.2 Å². The van der Waals surface area contributed by atoms with Crippen LogP contribution >= 0.6 is 0 Å². The minimum atomic E-state index is -0.484. The summed E-state index contributed by atoms with van der Waals surface area (Å²) in [6, 6.07) is 12.0. The van der Waals surface area contributed by atoms with Crippen molar-refractivity contribution < 1.29 is 9.53 Å². The number of carbonyl (C=O) groups excluding carboxylic acids is 1. The van der Waals surface area contributed by atoms with Gasteiger partial charge < -0.3 is 9.30 Å². The lowest BCUT2D eigenvalue weighted by atomic mass is 10.1. The smallest absolute Gasteiger partial charge is 0.361 e. The Labute approximate surface area is 149 Å². The van der Waals surface area contributed by atoms with Crippen LogP contribution in [0.25, 0.3) is 22.2 Å². The molecule has 0 saturated heterocycles. The van der Waals surface area contributed by atoms with Gasteiger partial charge in [0.25, 0.3) is 0 Å². The molecule has 0 aliphatic carbocycles. The van der Waals surface area contributed by atoms with E-state index in [0.717, 1.165) is 22.0 Å². The second-order valence-corrected chi connectivity index (χ2v) is 5.82. The number of pyridine rings is 1. The van der Waals surface area contributed by atoms with Crippen LogP contribution in [0.2, 0.25) is 0 Å². The van der Waals surface area contributed by atoms with Crippen LogP contribution in [0, 0.1) is 0 Å². The van der Waals surface area contributed by atoms with Gasteiger partial charge in [-0.3, -0.25) is 4.98 Å². The van der Waals surface area contributed by atoms with Crippen molar-refractivity contribution in [2.24, 2.45) is 0 Å². The number of ether oxygens (including phenoxy) is 1. The second kappa shape index (κ2) is 6.79. The Hall–Kier alpha value is -3.48. The van der Waals surface area contributed by atoms with Crippen LogP contribution in [0.5, 0.6) is 0 Å². The van der Waals surface area contributed by atoms with Gasteiger partial charge in [0, 0.05) is 36.2 Å². The first kappa shape index (κ1) is 16.0. The van der Waals surface area contributed by atoms with E-state index in [1.54, 1.807) is 13.1 Å². The van der Waals surface area contributed by atoms with Crippen molar-refractivity contribution in [3.63, 3.8) is 0 Å². The van der Waals surface area contributed by atoms with E-state index >= 15 is 0 Å². The minimum Gasteiger partial charge on any atom is -0.461 e. The number of esters is 1. The van der Waals surface area contributed by atoms with Gasteiger partial charge in [0.1, 0.15) is 5.69 Å². The minimum absolute atomic E-state index is 0.191. The first-order chi connectivity index (χ1) is 12.8. The van der Waals surface area contributed by atoms with Crippen LogP contribution in [-0.4, -0.2) is 37.5 Å². The number of aromatic nitrogens is 5. The third-order valence-corrected chi connectivity index (χ3v) is 4.14. The van der Waals surface area contributed by atoms with Crippen molar-refractivity contribution in [3.8, 4) is 11.3 Å². The van der Waals surface area contributed by atoms with E-state index in [-0.39, 0.29) is 12.3 Å². The maximum atomic E-state index is 12.1. The maximum Gasteiger partial charge on any atom is 0.361 e. The molecule has 130 valence electrons. The van der Waals surface area contributed by atoms with E-state index in [1.807, 2.05) is 42.7 Å². The zero-order valence-corrected chi connectivity index (χ0v) is 14.2. The van der Waals surface area contributed by atoms with E-state index < -0.39 is 5.97 Å². The van der Waals surface area contributed by atoms with Crippen LogP contribution in [-0.2, 0) is 11.3 Å². The molecule has 0 aliphatic heterocycles. The summed E-state index contributed by atoms with van der Waals surface area (Å²) < 4.78 is 7.19. The molecule has 26 heavy (non-hydrogen) atoms. The Morgan fingerprint density at radius 1 is 1.23 bits per heavy atom. The molecule has 3 heterocycles. The third kappa shape index (κ3) is 2.95. The first-order valence-corrected chi connectivity index (χ1v) is 8.32. The molecule has 0 aliphatic rings. The zero-order chi connectivity index (χ0) is 17.9. The maximum absolute atomic E-state index is 12.1. The zero-order valence-electron chi connectivity index (χ0n) is 14.2. The molecule has 7 nitrogen and oxygen atoms in total. The molecule has 4 aromatic rings. The van der Waals surface area contributed by atoms with Crippen LogP contribution < -0.4 is 0 Å². The van der Waals surface area contributed by atoms with E-state index in [2.05, 4.69) is 31.0 Å². The lowest BCUT2D eigenvalue weighted by molar-refractivity contribution is 0.0520. The summed E-state index contributed by atoms with van der Waals surface area (Å²) in [6.45, 7) is 2.76. The fraction of sp³-hybridized carbons (Fsp3) is 0.158. The summed E-state index contributed by atoms with van der Waals surface area (Å²) in [5, 5.41) is 11.7. The van der Waals surface area contributed by atoms with E-state index in [9.17, 15) is 4.79 Å². The number of benzene rings is 1. The van der Waals surface area contributed by atoms with Crippen molar-refractivity contribution in [2.75, 3.05) is 6.61 Å². The van der Waals surface area contributed by atoms with Crippen LogP contribution in [0.1, 0.15) is 23.0 Å². The Balaban J connectivity index is 1.73. The van der Waals surface area contributed by atoms with Gasteiger partial charge in [-0.25, -0.2) is 4.79 Å². The number of fused-ring (bicyclic) bond motifs is 1. The topological polar surface area (TPSA) is 85.7 Å². The highest BCUT2D eigenvalue weighted by Gasteiger charge is 2.19. The molecule has 0 saturated carbocycles. The van der Waals surface area contributed by atoms with Gasteiger partial charge in [0.2, 0.25) is 0 Å². The monoisotopic (exact) mass is 347 g/mol. The molecule has 0 fully saturated rings. The van der Waals surface area contributed by atoms with E-state index in [0.29, 0.717) is 12.2 Å². The van der Waals surface area contributed by atoms with Crippen molar-refractivity contribution in [2.45, 2.75) is 13.5 Å². The Morgan fingerprint density at radius 3 is 2.96 bits per heavy atom. The molecular formula is C19H17N5O2. The molecule has 0 bridgehead atoms. The third-order valence-electron chi connectivity index (χ3n) is 4.14. The molecule has 1 aromatic carbocycles. The van der Waals surface area contributed by atoms with Gasteiger partial charge in [-0.05, 0) is 36.1 Å². The lowest BCUT2D eigenvalue weighted by Crippen LogP contribution is -2.06. The Bertz CT molecular complexity index is 1050. The van der Waals surface area contributed by atoms with Crippen LogP contribution in [0.3, 0.4) is 0 Å². The highest BCUT2D eigenvalue weighted by Crippen LogP contribution is 2.26. The molecule has 4 rings (SSSR count).